The van der Waals surface area contributed by atoms with E-state index in [0.29, 0.717) is 5.56 Å². The summed E-state index contributed by atoms with van der Waals surface area (Å²) in [5.41, 5.74) is 10.8. The Morgan fingerprint density at radius 3 is 2.38 bits per heavy atom. The molecule has 0 bridgehead atoms. The first-order valence-electron chi connectivity index (χ1n) is 10.2. The molecule has 4 heteroatoms. The van der Waals surface area contributed by atoms with Crippen molar-refractivity contribution in [2.24, 2.45) is 5.73 Å². The lowest BCUT2D eigenvalue weighted by Crippen LogP contribution is -2.15. The normalized spacial score (nSPS) is 12.4. The zero-order valence-electron chi connectivity index (χ0n) is 16.5. The maximum absolute atomic E-state index is 11.4. The summed E-state index contributed by atoms with van der Waals surface area (Å²) < 4.78 is 6.11. The van der Waals surface area contributed by atoms with Gasteiger partial charge >= 0.3 is 0 Å². The topological polar surface area (TPSA) is 64.4 Å². The van der Waals surface area contributed by atoms with Crippen LogP contribution in [0.1, 0.15) is 39.0 Å². The van der Waals surface area contributed by atoms with Crippen LogP contribution in [0.15, 0.2) is 66.7 Å². The van der Waals surface area contributed by atoms with Crippen molar-refractivity contribution in [1.29, 1.82) is 0 Å². The van der Waals surface area contributed by atoms with E-state index in [1.165, 1.54) is 16.7 Å². The van der Waals surface area contributed by atoms with Gasteiger partial charge in [0, 0.05) is 12.1 Å². The number of amides is 1. The maximum Gasteiger partial charge on any atom is 0.248 e. The average molecular weight is 386 g/mol. The molecule has 0 radical (unpaired) electrons. The highest BCUT2D eigenvalue weighted by Crippen LogP contribution is 2.34. The van der Waals surface area contributed by atoms with E-state index in [9.17, 15) is 4.79 Å². The molecular weight excluding hydrogens is 360 g/mol. The number of carbonyl (C=O) groups is 1. The smallest absolute Gasteiger partial charge is 0.248 e. The Kier molecular flexibility index (Phi) is 5.92. The minimum Gasteiger partial charge on any atom is -0.457 e. The van der Waals surface area contributed by atoms with E-state index in [1.807, 2.05) is 18.2 Å². The lowest BCUT2D eigenvalue weighted by molar-refractivity contribution is 0.1000. The number of rotatable bonds is 7. The van der Waals surface area contributed by atoms with Gasteiger partial charge in [0.2, 0.25) is 5.91 Å². The highest BCUT2D eigenvalue weighted by Gasteiger charge is 2.16. The number of carbonyl (C=O) groups excluding carboxylic acids is 1. The van der Waals surface area contributed by atoms with Gasteiger partial charge in [-0.2, -0.15) is 0 Å². The molecule has 148 valence electrons. The first kappa shape index (κ1) is 19.2. The summed E-state index contributed by atoms with van der Waals surface area (Å²) in [5.74, 6) is 1.29. The van der Waals surface area contributed by atoms with Gasteiger partial charge in [0.1, 0.15) is 11.5 Å². The minimum absolute atomic E-state index is 0.407. The molecule has 4 rings (SSSR count). The van der Waals surface area contributed by atoms with Gasteiger partial charge in [-0.25, -0.2) is 0 Å². The molecule has 3 aromatic rings. The molecule has 1 aliphatic rings. The zero-order valence-corrected chi connectivity index (χ0v) is 16.5. The first-order chi connectivity index (χ1) is 14.2. The van der Waals surface area contributed by atoms with Crippen LogP contribution in [0, 0.1) is 0 Å². The quantitative estimate of drug-likeness (QED) is 0.592. The second kappa shape index (κ2) is 8.93. The van der Waals surface area contributed by atoms with Crippen LogP contribution in [-0.4, -0.2) is 12.5 Å². The van der Waals surface area contributed by atoms with E-state index in [1.54, 1.807) is 6.07 Å². The third kappa shape index (κ3) is 4.84. The summed E-state index contributed by atoms with van der Waals surface area (Å²) in [4.78, 5) is 11.4. The Labute approximate surface area is 171 Å². The van der Waals surface area contributed by atoms with Crippen LogP contribution in [0.5, 0.6) is 11.5 Å². The fourth-order valence-electron chi connectivity index (χ4n) is 3.75. The molecule has 0 fully saturated rings. The van der Waals surface area contributed by atoms with Crippen LogP contribution in [-0.2, 0) is 25.8 Å². The molecule has 0 spiro atoms. The molecule has 1 amide bonds. The summed E-state index contributed by atoms with van der Waals surface area (Å²) in [6, 6.07) is 22.4. The third-order valence-electron chi connectivity index (χ3n) is 5.34. The SMILES string of the molecule is NC(=O)c1ccc2c(c1)CCc1cc(CNCCCc3ccccc3)ccc1O2. The Morgan fingerprint density at radius 1 is 0.897 bits per heavy atom. The Hall–Kier alpha value is -3.11. The number of benzene rings is 3. The molecule has 4 nitrogen and oxygen atoms in total. The van der Waals surface area contributed by atoms with E-state index in [4.69, 9.17) is 10.5 Å². The fourth-order valence-corrected chi connectivity index (χ4v) is 3.75. The highest BCUT2D eigenvalue weighted by atomic mass is 16.5. The molecule has 0 saturated carbocycles. The van der Waals surface area contributed by atoms with Crippen molar-refractivity contribution in [3.05, 3.63) is 94.5 Å². The number of hydrogen-bond acceptors (Lipinski definition) is 3. The maximum atomic E-state index is 11.4. The van der Waals surface area contributed by atoms with Crippen molar-refractivity contribution in [1.82, 2.24) is 5.32 Å². The average Bonchev–Trinajstić information content (AvgIpc) is 2.92. The Morgan fingerprint density at radius 2 is 1.62 bits per heavy atom. The van der Waals surface area contributed by atoms with Gasteiger partial charge in [-0.05, 0) is 78.7 Å². The van der Waals surface area contributed by atoms with Gasteiger partial charge in [-0.3, -0.25) is 4.79 Å². The van der Waals surface area contributed by atoms with Crippen molar-refractivity contribution >= 4 is 5.91 Å². The second-order valence-corrected chi connectivity index (χ2v) is 7.50. The van der Waals surface area contributed by atoms with Crippen LogP contribution in [0.25, 0.3) is 0 Å². The van der Waals surface area contributed by atoms with Gasteiger partial charge in [-0.15, -0.1) is 0 Å². The van der Waals surface area contributed by atoms with E-state index in [-0.39, 0.29) is 0 Å². The van der Waals surface area contributed by atoms with Crippen LogP contribution < -0.4 is 15.8 Å². The van der Waals surface area contributed by atoms with Crippen LogP contribution >= 0.6 is 0 Å². The number of aryl methyl sites for hydroxylation is 3. The number of ether oxygens (including phenoxy) is 1. The molecule has 0 aliphatic carbocycles. The van der Waals surface area contributed by atoms with Crippen molar-refractivity contribution in [3.63, 3.8) is 0 Å². The Balaban J connectivity index is 1.34. The summed E-state index contributed by atoms with van der Waals surface area (Å²) >= 11 is 0. The largest absolute Gasteiger partial charge is 0.457 e. The predicted octanol–water partition coefficient (Wildman–Crippen LogP) is 4.40. The van der Waals surface area contributed by atoms with Gasteiger partial charge in [-0.1, -0.05) is 42.5 Å². The lowest BCUT2D eigenvalue weighted by atomic mass is 10.0. The van der Waals surface area contributed by atoms with Gasteiger partial charge in [0.05, 0.1) is 0 Å². The number of hydrogen-bond donors (Lipinski definition) is 2. The number of nitrogens with one attached hydrogen (secondary N) is 1. The predicted molar refractivity (Wildman–Crippen MR) is 115 cm³/mol. The summed E-state index contributed by atoms with van der Waals surface area (Å²) in [6.45, 7) is 1.84. The summed E-state index contributed by atoms with van der Waals surface area (Å²) in [5, 5.41) is 3.54. The summed E-state index contributed by atoms with van der Waals surface area (Å²) in [7, 11) is 0. The van der Waals surface area contributed by atoms with E-state index >= 15 is 0 Å². The monoisotopic (exact) mass is 386 g/mol. The molecule has 1 aliphatic heterocycles. The molecule has 0 aromatic heterocycles. The number of nitrogens with two attached hydrogens (primary N) is 1. The van der Waals surface area contributed by atoms with Crippen LogP contribution in [0.2, 0.25) is 0 Å². The van der Waals surface area contributed by atoms with Crippen molar-refractivity contribution in [2.75, 3.05) is 6.54 Å². The van der Waals surface area contributed by atoms with Crippen molar-refractivity contribution < 1.29 is 9.53 Å². The fraction of sp³-hybridized carbons (Fsp3) is 0.240. The first-order valence-corrected chi connectivity index (χ1v) is 10.2. The van der Waals surface area contributed by atoms with Crippen LogP contribution in [0.4, 0.5) is 0 Å². The summed E-state index contributed by atoms with van der Waals surface area (Å²) in [6.07, 6.45) is 3.93. The number of primary amides is 1. The molecule has 29 heavy (non-hydrogen) atoms. The van der Waals surface area contributed by atoms with Gasteiger partial charge in [0.15, 0.2) is 0 Å². The molecule has 3 aromatic carbocycles. The van der Waals surface area contributed by atoms with Gasteiger partial charge in [0.25, 0.3) is 0 Å². The van der Waals surface area contributed by atoms with Crippen molar-refractivity contribution in [3.8, 4) is 11.5 Å². The molecule has 0 atom stereocenters. The van der Waals surface area contributed by atoms with E-state index in [0.717, 1.165) is 55.8 Å². The highest BCUT2D eigenvalue weighted by molar-refractivity contribution is 5.93. The van der Waals surface area contributed by atoms with Crippen molar-refractivity contribution in [2.45, 2.75) is 32.2 Å². The van der Waals surface area contributed by atoms with E-state index < -0.39 is 5.91 Å². The second-order valence-electron chi connectivity index (χ2n) is 7.50. The minimum atomic E-state index is -0.407. The molecule has 3 N–H and O–H groups in total. The molecule has 0 saturated heterocycles. The lowest BCUT2D eigenvalue weighted by Gasteiger charge is -2.11. The molecule has 0 unspecified atom stereocenters. The molecular formula is C25H26N2O2. The zero-order chi connectivity index (χ0) is 20.1. The van der Waals surface area contributed by atoms with E-state index in [2.05, 4.69) is 47.8 Å². The number of fused-ring (bicyclic) bond motifs is 2. The Bertz CT molecular complexity index is 999. The third-order valence-corrected chi connectivity index (χ3v) is 5.34. The standard InChI is InChI=1S/C25H26N2O2/c26-25(28)22-11-13-24-21(16-22)10-9-20-15-19(8-12-23(20)29-24)17-27-14-4-7-18-5-2-1-3-6-18/h1-3,5-6,8,11-13,15-16,27H,4,7,9-10,14,17H2,(H2,26,28). The van der Waals surface area contributed by atoms with Gasteiger partial charge < -0.3 is 15.8 Å². The molecule has 1 heterocycles. The van der Waals surface area contributed by atoms with Crippen LogP contribution in [0.3, 0.4) is 0 Å².